The number of nitrogens with one attached hydrogen (secondary N) is 3. The first kappa shape index (κ1) is 47.9. The van der Waals surface area contributed by atoms with Gasteiger partial charge in [0.2, 0.25) is 30.0 Å². The lowest BCUT2D eigenvalue weighted by atomic mass is 9.59. The first-order valence-corrected chi connectivity index (χ1v) is 23.7. The van der Waals surface area contributed by atoms with E-state index in [4.69, 9.17) is 28.0 Å². The van der Waals surface area contributed by atoms with Gasteiger partial charge in [-0.25, -0.2) is 9.18 Å². The number of likely N-dealkylation sites (tertiary alicyclic amines) is 1. The van der Waals surface area contributed by atoms with Gasteiger partial charge in [0.05, 0.1) is 21.5 Å². The molecule has 1 aromatic heterocycles. The van der Waals surface area contributed by atoms with Gasteiger partial charge in [-0.3, -0.25) is 38.4 Å². The molecule has 65 heavy (non-hydrogen) atoms. The van der Waals surface area contributed by atoms with Crippen LogP contribution in [-0.4, -0.2) is 69.2 Å². The van der Waals surface area contributed by atoms with Gasteiger partial charge in [0.25, 0.3) is 0 Å². The molecule has 5 amide bonds. The van der Waals surface area contributed by atoms with Crippen LogP contribution < -0.4 is 27.4 Å². The summed E-state index contributed by atoms with van der Waals surface area (Å²) in [4.78, 5) is 74.2. The van der Waals surface area contributed by atoms with Gasteiger partial charge in [0, 0.05) is 61.2 Å². The second-order valence-corrected chi connectivity index (χ2v) is 19.2. The minimum absolute atomic E-state index is 0.0877. The van der Waals surface area contributed by atoms with Crippen LogP contribution in [0.5, 0.6) is 0 Å². The number of piperidine rings is 2. The van der Waals surface area contributed by atoms with E-state index < -0.39 is 23.2 Å². The molecule has 16 heteroatoms. The van der Waals surface area contributed by atoms with E-state index in [-0.39, 0.29) is 52.7 Å². The van der Waals surface area contributed by atoms with Crippen LogP contribution in [0.3, 0.4) is 0 Å². The molecule has 4 heterocycles. The zero-order chi connectivity index (χ0) is 46.5. The molecule has 4 aromatic rings. The summed E-state index contributed by atoms with van der Waals surface area (Å²) < 4.78 is 18.1. The zero-order valence-electron chi connectivity index (χ0n) is 37.2. The van der Waals surface area contributed by atoms with Gasteiger partial charge in [-0.1, -0.05) is 86.0 Å². The Hall–Kier alpha value is -5.05. The quantitative estimate of drug-likeness (QED) is 0.112. The number of carbonyl (C=O) groups is 5. The molecule has 2 saturated carbocycles. The highest BCUT2D eigenvalue weighted by Gasteiger charge is 2.62. The fourth-order valence-electron chi connectivity index (χ4n) is 11.2. The predicted molar refractivity (Wildman–Crippen MR) is 250 cm³/mol. The lowest BCUT2D eigenvalue weighted by Gasteiger charge is -2.47. The molecule has 13 nitrogen and oxygen atoms in total. The van der Waals surface area contributed by atoms with Crippen LogP contribution in [0.1, 0.15) is 126 Å². The van der Waals surface area contributed by atoms with E-state index in [0.29, 0.717) is 46.6 Å². The summed E-state index contributed by atoms with van der Waals surface area (Å²) in [5.41, 5.74) is 6.54. The van der Waals surface area contributed by atoms with E-state index in [1.54, 1.807) is 48.0 Å². The fourth-order valence-corrected chi connectivity index (χ4v) is 11.6. The molecular formula is C49H60Cl2FN7O6. The minimum Gasteiger partial charge on any atom is -0.372 e. The lowest BCUT2D eigenvalue weighted by Crippen LogP contribution is -2.57. The maximum Gasteiger partial charge on any atom is 0.329 e. The average molecular weight is 933 g/mol. The third kappa shape index (κ3) is 9.76. The van der Waals surface area contributed by atoms with Crippen LogP contribution in [0.4, 0.5) is 10.1 Å². The predicted octanol–water partition coefficient (Wildman–Crippen LogP) is 7.87. The Labute approximate surface area is 388 Å². The van der Waals surface area contributed by atoms with Crippen molar-refractivity contribution < 1.29 is 28.4 Å². The molecule has 5 aliphatic rings. The zero-order valence-corrected chi connectivity index (χ0v) is 38.7. The molecule has 348 valence electrons. The van der Waals surface area contributed by atoms with E-state index in [1.165, 1.54) is 29.4 Å². The number of benzene rings is 3. The summed E-state index contributed by atoms with van der Waals surface area (Å²) in [7, 11) is 1.72. The first-order valence-electron chi connectivity index (χ1n) is 23.0. The summed E-state index contributed by atoms with van der Waals surface area (Å²) in [6.45, 7) is 4.09. The number of nitrogens with zero attached hydrogens (tertiary/aromatic N) is 3. The van der Waals surface area contributed by atoms with Gasteiger partial charge < -0.3 is 21.3 Å². The van der Waals surface area contributed by atoms with Gasteiger partial charge in [-0.05, 0) is 105 Å². The highest BCUT2D eigenvalue weighted by molar-refractivity contribution is 6.31. The normalized spacial score (nSPS) is 23.5. The number of hydrogen-bond donors (Lipinski definition) is 4. The maximum absolute atomic E-state index is 15.0. The van der Waals surface area contributed by atoms with Crippen molar-refractivity contribution in [3.8, 4) is 0 Å². The van der Waals surface area contributed by atoms with Gasteiger partial charge in [-0.2, -0.15) is 0 Å². The summed E-state index contributed by atoms with van der Waals surface area (Å²) >= 11 is 12.2. The number of aromatic nitrogens is 2. The number of aryl methyl sites for hydroxylation is 1. The number of rotatable bonds is 6. The first-order chi connectivity index (χ1) is 31.2. The standard InChI is InChI=1S/C25H32N4O4.C23H25Cl2FN2O.CH3NO/c1-27-21-15-18(16-11-13-28(14-12-16)24(32)17-5-3-2-4-6-17)7-8-19(21)29(25(27)33)20-9-10-22(30)26-23(20)31;1-22(21(29)28-16-8-5-7-15(24)13-16)18(17-9-6-10-19(25)20(17)26)14-27-23(22)11-3-2-4-12-23;2-1-3/h7-8,15-17,20H,2-6,9-14H2,1H3,(H,26,30,31);5-10,13,18,27H,2-4,11-12,14H2,1H3,(H,28,29);1H,(H2,2,3). The maximum atomic E-state index is 15.0. The van der Waals surface area contributed by atoms with Crippen molar-refractivity contribution in [3.63, 3.8) is 0 Å². The molecule has 3 atom stereocenters. The summed E-state index contributed by atoms with van der Waals surface area (Å²) in [6.07, 6.45) is 13.4. The van der Waals surface area contributed by atoms with E-state index >= 15 is 0 Å². The molecule has 5 fully saturated rings. The molecule has 0 radical (unpaired) electrons. The second kappa shape index (κ2) is 20.6. The molecular weight excluding hydrogens is 872 g/mol. The molecule has 9 rings (SSSR count). The van der Waals surface area contributed by atoms with Crippen molar-refractivity contribution in [1.29, 1.82) is 0 Å². The van der Waals surface area contributed by atoms with Gasteiger partial charge >= 0.3 is 5.69 Å². The van der Waals surface area contributed by atoms with E-state index in [1.807, 2.05) is 25.1 Å². The monoisotopic (exact) mass is 931 g/mol. The third-order valence-electron chi connectivity index (χ3n) is 14.8. The molecule has 3 unspecified atom stereocenters. The number of hydrogen-bond acceptors (Lipinski definition) is 7. The van der Waals surface area contributed by atoms with E-state index in [9.17, 15) is 28.4 Å². The third-order valence-corrected chi connectivity index (χ3v) is 15.3. The Balaban J connectivity index is 0.000000184. The van der Waals surface area contributed by atoms with Crippen molar-refractivity contribution in [1.82, 2.24) is 24.7 Å². The number of primary amides is 1. The van der Waals surface area contributed by atoms with Gasteiger partial charge in [-0.15, -0.1) is 0 Å². The van der Waals surface area contributed by atoms with Crippen LogP contribution in [-0.2, 0) is 31.0 Å². The highest BCUT2D eigenvalue weighted by Crippen LogP contribution is 2.55. The van der Waals surface area contributed by atoms with Crippen molar-refractivity contribution in [3.05, 3.63) is 98.1 Å². The number of halogens is 3. The number of imidazole rings is 1. The molecule has 5 N–H and O–H groups in total. The van der Waals surface area contributed by atoms with Crippen LogP contribution in [0.2, 0.25) is 10.0 Å². The summed E-state index contributed by atoms with van der Waals surface area (Å²) in [5, 5.41) is 9.69. The van der Waals surface area contributed by atoms with Gasteiger partial charge in [0.15, 0.2) is 0 Å². The highest BCUT2D eigenvalue weighted by atomic mass is 35.5. The van der Waals surface area contributed by atoms with E-state index in [2.05, 4.69) is 32.7 Å². The molecule has 2 aliphatic carbocycles. The Morgan fingerprint density at radius 3 is 2.23 bits per heavy atom. The number of carbonyl (C=O) groups excluding carboxylic acids is 5. The fraction of sp³-hybridized carbons (Fsp3) is 0.510. The van der Waals surface area contributed by atoms with Crippen molar-refractivity contribution >= 4 is 70.0 Å². The van der Waals surface area contributed by atoms with Crippen LogP contribution in [0, 0.1) is 17.2 Å². The number of amides is 5. The van der Waals surface area contributed by atoms with Crippen LogP contribution in [0.15, 0.2) is 65.5 Å². The Kier molecular flexibility index (Phi) is 15.2. The van der Waals surface area contributed by atoms with Crippen molar-refractivity contribution in [2.45, 2.75) is 120 Å². The topological polar surface area (TPSA) is 178 Å². The Bertz CT molecular complexity index is 2470. The number of fused-ring (bicyclic) bond motifs is 1. The minimum atomic E-state index is -0.832. The number of imide groups is 1. The second-order valence-electron chi connectivity index (χ2n) is 18.4. The lowest BCUT2D eigenvalue weighted by molar-refractivity contribution is -0.138. The molecule has 1 spiro atoms. The molecule has 3 saturated heterocycles. The molecule has 3 aliphatic heterocycles. The SMILES string of the molecule is CC1(C(=O)Nc2cccc(Cl)c2)C(c2cccc(Cl)c2F)CNC12CCCCC2.Cn1c(=O)n(C2CCC(=O)NC2=O)c2ccc(C3CCN(C(=O)C4CCCCC4)CC3)cc21.NC=O. The number of anilines is 1. The Morgan fingerprint density at radius 2 is 1.55 bits per heavy atom. The van der Waals surface area contributed by atoms with E-state index in [0.717, 1.165) is 76.4 Å². The smallest absolute Gasteiger partial charge is 0.329 e. The molecule has 3 aromatic carbocycles. The average Bonchev–Trinajstić information content (AvgIpc) is 3.73. The van der Waals surface area contributed by atoms with Gasteiger partial charge in [0.1, 0.15) is 11.9 Å². The van der Waals surface area contributed by atoms with Crippen molar-refractivity contribution in [2.24, 2.45) is 24.1 Å². The Morgan fingerprint density at radius 1 is 0.877 bits per heavy atom. The summed E-state index contributed by atoms with van der Waals surface area (Å²) in [5.74, 6) is -0.676. The largest absolute Gasteiger partial charge is 0.372 e. The summed E-state index contributed by atoms with van der Waals surface area (Å²) in [6, 6.07) is 17.5. The van der Waals surface area contributed by atoms with Crippen molar-refractivity contribution in [2.75, 3.05) is 25.0 Å². The number of nitrogens with two attached hydrogens (primary N) is 1. The van der Waals surface area contributed by atoms with Crippen LogP contribution in [0.25, 0.3) is 11.0 Å². The molecule has 0 bridgehead atoms. The van der Waals surface area contributed by atoms with Crippen LogP contribution >= 0.6 is 23.2 Å².